The number of aromatic amines is 1. The molecule has 2 aromatic heterocycles. The zero-order valence-corrected chi connectivity index (χ0v) is 10.5. The average molecular weight is 249 g/mol. The van der Waals surface area contributed by atoms with E-state index >= 15 is 0 Å². The summed E-state index contributed by atoms with van der Waals surface area (Å²) in [6.07, 6.45) is 0. The predicted molar refractivity (Wildman–Crippen MR) is 69.4 cm³/mol. The van der Waals surface area contributed by atoms with Gasteiger partial charge in [0.05, 0.1) is 4.88 Å². The smallest absolute Gasteiger partial charge is 0.245 e. The summed E-state index contributed by atoms with van der Waals surface area (Å²) in [4.78, 5) is 7.90. The maximum Gasteiger partial charge on any atom is 0.245 e. The average Bonchev–Trinajstić information content (AvgIpc) is 3.00. The van der Waals surface area contributed by atoms with Crippen LogP contribution in [-0.4, -0.2) is 40.9 Å². The van der Waals surface area contributed by atoms with Crippen LogP contribution >= 0.6 is 11.3 Å². The van der Waals surface area contributed by atoms with Gasteiger partial charge in [-0.15, -0.1) is 16.4 Å². The minimum Gasteiger partial charge on any atom is -0.337 e. The summed E-state index contributed by atoms with van der Waals surface area (Å²) < 4.78 is 0. The van der Waals surface area contributed by atoms with Gasteiger partial charge in [-0.2, -0.15) is 4.98 Å². The van der Waals surface area contributed by atoms with Crippen molar-refractivity contribution in [2.75, 3.05) is 24.5 Å². The third kappa shape index (κ3) is 2.18. The molecule has 1 fully saturated rings. The highest BCUT2D eigenvalue weighted by molar-refractivity contribution is 7.13. The molecule has 1 saturated heterocycles. The standard InChI is InChI=1S/C11H15N5S/c1-8-7-16(5-4-12-8)11-13-10(14-15-11)9-3-2-6-17-9/h2-3,6,8,12H,4-5,7H2,1H3,(H,13,14,15). The molecule has 0 amide bonds. The van der Waals surface area contributed by atoms with Crippen LogP contribution in [0.15, 0.2) is 17.5 Å². The number of hydrogen-bond acceptors (Lipinski definition) is 5. The second kappa shape index (κ2) is 4.46. The fourth-order valence-corrected chi connectivity index (χ4v) is 2.70. The highest BCUT2D eigenvalue weighted by Gasteiger charge is 2.19. The summed E-state index contributed by atoms with van der Waals surface area (Å²) in [5.74, 6) is 1.67. The number of rotatable bonds is 2. The SMILES string of the molecule is CC1CN(c2n[nH]c(-c3cccs3)n2)CCN1. The van der Waals surface area contributed by atoms with Gasteiger partial charge >= 0.3 is 0 Å². The van der Waals surface area contributed by atoms with Gasteiger partial charge < -0.3 is 10.2 Å². The van der Waals surface area contributed by atoms with Crippen molar-refractivity contribution in [1.29, 1.82) is 0 Å². The third-order valence-corrected chi connectivity index (χ3v) is 3.76. The van der Waals surface area contributed by atoms with Gasteiger partial charge in [-0.25, -0.2) is 0 Å². The molecule has 1 aliphatic rings. The Kier molecular flexibility index (Phi) is 2.82. The van der Waals surface area contributed by atoms with E-state index in [0.29, 0.717) is 6.04 Å². The second-order valence-corrected chi connectivity index (χ2v) is 5.21. The van der Waals surface area contributed by atoms with E-state index < -0.39 is 0 Å². The van der Waals surface area contributed by atoms with Crippen molar-refractivity contribution in [2.45, 2.75) is 13.0 Å². The van der Waals surface area contributed by atoms with E-state index in [1.165, 1.54) is 0 Å². The number of piperazine rings is 1. The maximum atomic E-state index is 4.55. The Balaban J connectivity index is 1.80. The number of nitrogens with one attached hydrogen (secondary N) is 2. The van der Waals surface area contributed by atoms with E-state index in [1.54, 1.807) is 11.3 Å². The first-order valence-corrected chi connectivity index (χ1v) is 6.65. The van der Waals surface area contributed by atoms with Crippen LogP contribution in [0.3, 0.4) is 0 Å². The Morgan fingerprint density at radius 3 is 3.24 bits per heavy atom. The molecule has 90 valence electrons. The molecule has 0 bridgehead atoms. The van der Waals surface area contributed by atoms with E-state index in [-0.39, 0.29) is 0 Å². The van der Waals surface area contributed by atoms with Crippen LogP contribution in [0.5, 0.6) is 0 Å². The van der Waals surface area contributed by atoms with Crippen molar-refractivity contribution < 1.29 is 0 Å². The second-order valence-electron chi connectivity index (χ2n) is 4.26. The van der Waals surface area contributed by atoms with Crippen molar-refractivity contribution in [3.8, 4) is 10.7 Å². The lowest BCUT2D eigenvalue weighted by Crippen LogP contribution is -2.49. The quantitative estimate of drug-likeness (QED) is 0.843. The minimum atomic E-state index is 0.493. The molecule has 0 aromatic carbocycles. The van der Waals surface area contributed by atoms with Crippen LogP contribution in [0.1, 0.15) is 6.92 Å². The van der Waals surface area contributed by atoms with Gasteiger partial charge in [-0.3, -0.25) is 5.10 Å². The Hall–Kier alpha value is -1.40. The number of anilines is 1. The molecule has 1 aliphatic heterocycles. The molecule has 0 saturated carbocycles. The zero-order valence-electron chi connectivity index (χ0n) is 9.68. The van der Waals surface area contributed by atoms with Crippen LogP contribution in [0.2, 0.25) is 0 Å². The summed E-state index contributed by atoms with van der Waals surface area (Å²) in [7, 11) is 0. The molecule has 17 heavy (non-hydrogen) atoms. The fraction of sp³-hybridized carbons (Fsp3) is 0.455. The van der Waals surface area contributed by atoms with Crippen LogP contribution < -0.4 is 10.2 Å². The molecule has 5 nitrogen and oxygen atoms in total. The number of hydrogen-bond donors (Lipinski definition) is 2. The first kappa shape index (κ1) is 10.7. The molecule has 1 atom stereocenters. The molecule has 0 spiro atoms. The molecule has 2 N–H and O–H groups in total. The third-order valence-electron chi connectivity index (χ3n) is 2.88. The van der Waals surface area contributed by atoms with Crippen molar-refractivity contribution >= 4 is 17.3 Å². The van der Waals surface area contributed by atoms with E-state index in [4.69, 9.17) is 0 Å². The van der Waals surface area contributed by atoms with Crippen LogP contribution in [-0.2, 0) is 0 Å². The first-order chi connectivity index (χ1) is 8.33. The highest BCUT2D eigenvalue weighted by Crippen LogP contribution is 2.22. The van der Waals surface area contributed by atoms with E-state index in [0.717, 1.165) is 36.3 Å². The summed E-state index contributed by atoms with van der Waals surface area (Å²) in [5.41, 5.74) is 0. The number of nitrogens with zero attached hydrogens (tertiary/aromatic N) is 3. The monoisotopic (exact) mass is 249 g/mol. The Morgan fingerprint density at radius 1 is 1.53 bits per heavy atom. The Labute approximate surface area is 104 Å². The van der Waals surface area contributed by atoms with Crippen molar-refractivity contribution in [3.05, 3.63) is 17.5 Å². The molecule has 1 unspecified atom stereocenters. The van der Waals surface area contributed by atoms with Crippen LogP contribution in [0.25, 0.3) is 10.7 Å². The van der Waals surface area contributed by atoms with Crippen molar-refractivity contribution in [3.63, 3.8) is 0 Å². The minimum absolute atomic E-state index is 0.493. The molecule has 2 aromatic rings. The molecule has 0 radical (unpaired) electrons. The summed E-state index contributed by atoms with van der Waals surface area (Å²) in [6, 6.07) is 4.57. The van der Waals surface area contributed by atoms with Gasteiger partial charge in [0.1, 0.15) is 0 Å². The van der Waals surface area contributed by atoms with Gasteiger partial charge in [0.15, 0.2) is 5.82 Å². The van der Waals surface area contributed by atoms with E-state index in [2.05, 4.69) is 38.4 Å². The maximum absolute atomic E-state index is 4.55. The van der Waals surface area contributed by atoms with Gasteiger partial charge in [0, 0.05) is 25.7 Å². The largest absolute Gasteiger partial charge is 0.337 e. The number of thiophene rings is 1. The molecule has 3 heterocycles. The molecule has 6 heteroatoms. The number of H-pyrrole nitrogens is 1. The lowest BCUT2D eigenvalue weighted by atomic mass is 10.2. The summed E-state index contributed by atoms with van der Waals surface area (Å²) in [6.45, 7) is 5.09. The Morgan fingerprint density at radius 2 is 2.47 bits per heavy atom. The lowest BCUT2D eigenvalue weighted by molar-refractivity contribution is 0.480. The van der Waals surface area contributed by atoms with Crippen molar-refractivity contribution in [1.82, 2.24) is 20.5 Å². The molecular formula is C11H15N5S. The summed E-state index contributed by atoms with van der Waals surface area (Å²) >= 11 is 1.67. The molecule has 3 rings (SSSR count). The Bertz CT molecular complexity index is 478. The van der Waals surface area contributed by atoms with Crippen molar-refractivity contribution in [2.24, 2.45) is 0 Å². The predicted octanol–water partition coefficient (Wildman–Crippen LogP) is 1.33. The van der Waals surface area contributed by atoms with Gasteiger partial charge in [-0.1, -0.05) is 6.07 Å². The molecule has 0 aliphatic carbocycles. The lowest BCUT2D eigenvalue weighted by Gasteiger charge is -2.30. The van der Waals surface area contributed by atoms with Gasteiger partial charge in [0.25, 0.3) is 0 Å². The highest BCUT2D eigenvalue weighted by atomic mass is 32.1. The van der Waals surface area contributed by atoms with Crippen LogP contribution in [0.4, 0.5) is 5.95 Å². The van der Waals surface area contributed by atoms with E-state index in [9.17, 15) is 0 Å². The topological polar surface area (TPSA) is 56.8 Å². The van der Waals surface area contributed by atoms with E-state index in [1.807, 2.05) is 11.4 Å². The molecular weight excluding hydrogens is 234 g/mol. The fourth-order valence-electron chi connectivity index (χ4n) is 2.03. The van der Waals surface area contributed by atoms with Gasteiger partial charge in [-0.05, 0) is 18.4 Å². The normalized spacial score (nSPS) is 20.8. The first-order valence-electron chi connectivity index (χ1n) is 5.77. The zero-order chi connectivity index (χ0) is 11.7. The van der Waals surface area contributed by atoms with Gasteiger partial charge in [0.2, 0.25) is 5.95 Å². The number of aromatic nitrogens is 3. The van der Waals surface area contributed by atoms with Crippen LogP contribution in [0, 0.1) is 0 Å². The summed E-state index contributed by atoms with van der Waals surface area (Å²) in [5, 5.41) is 12.8.